The second-order valence-electron chi connectivity index (χ2n) is 6.42. The van der Waals surface area contributed by atoms with Gasteiger partial charge in [-0.25, -0.2) is 0 Å². The Balaban J connectivity index is 2.39. The minimum atomic E-state index is -0.135. The highest BCUT2D eigenvalue weighted by molar-refractivity contribution is 5.92. The summed E-state index contributed by atoms with van der Waals surface area (Å²) in [7, 11) is 0. The van der Waals surface area contributed by atoms with Gasteiger partial charge in [0.25, 0.3) is 0 Å². The van der Waals surface area contributed by atoms with Gasteiger partial charge in [0.1, 0.15) is 5.76 Å². The van der Waals surface area contributed by atoms with Crippen molar-refractivity contribution in [3.05, 3.63) is 41.3 Å². The number of rotatable bonds is 4. The first-order valence-corrected chi connectivity index (χ1v) is 7.76. The van der Waals surface area contributed by atoms with Crippen LogP contribution in [0, 0.1) is 6.92 Å². The number of H-pyrrole nitrogens is 1. The highest BCUT2D eigenvalue weighted by atomic mass is 16.5. The second kappa shape index (κ2) is 5.29. The molecule has 4 nitrogen and oxygen atoms in total. The van der Waals surface area contributed by atoms with E-state index in [9.17, 15) is 0 Å². The summed E-state index contributed by atoms with van der Waals surface area (Å²) in [5.41, 5.74) is 11.4. The molecule has 0 bridgehead atoms. The molecule has 0 spiro atoms. The maximum Gasteiger partial charge on any atom is 0.143 e. The number of aromatic amines is 1. The van der Waals surface area contributed by atoms with Crippen molar-refractivity contribution in [2.75, 3.05) is 6.54 Å². The number of aromatic nitrogens is 2. The molecule has 4 heteroatoms. The van der Waals surface area contributed by atoms with Crippen LogP contribution in [0.5, 0.6) is 0 Å². The molecule has 0 radical (unpaired) electrons. The van der Waals surface area contributed by atoms with Crippen molar-refractivity contribution < 1.29 is 4.52 Å². The van der Waals surface area contributed by atoms with Gasteiger partial charge in [0, 0.05) is 22.9 Å². The number of nitrogens with two attached hydrogens (primary N) is 1. The molecule has 116 valence electrons. The smallest absolute Gasteiger partial charge is 0.143 e. The standard InChI is InChI=1S/C18H23N3O/c1-5-13-15(11(2)22-21-13)17-16(18(3,4)10-19)12-8-6-7-9-14(12)20-17/h6-9,20H,5,10,19H2,1-4H3. The fourth-order valence-electron chi connectivity index (χ4n) is 3.11. The summed E-state index contributed by atoms with van der Waals surface area (Å²) in [6.07, 6.45) is 0.838. The van der Waals surface area contributed by atoms with Gasteiger partial charge in [-0.15, -0.1) is 0 Å². The Kier molecular flexibility index (Phi) is 3.57. The fourth-order valence-corrected chi connectivity index (χ4v) is 3.11. The summed E-state index contributed by atoms with van der Waals surface area (Å²) in [6.45, 7) is 9.00. The highest BCUT2D eigenvalue weighted by Crippen LogP contribution is 2.40. The van der Waals surface area contributed by atoms with Crippen molar-refractivity contribution in [1.29, 1.82) is 0 Å². The molecule has 22 heavy (non-hydrogen) atoms. The zero-order valence-corrected chi connectivity index (χ0v) is 13.7. The third-order valence-electron chi connectivity index (χ3n) is 4.41. The van der Waals surface area contributed by atoms with Gasteiger partial charge in [0.15, 0.2) is 0 Å². The van der Waals surface area contributed by atoms with E-state index in [0.29, 0.717) is 6.54 Å². The molecule has 2 aromatic heterocycles. The molecular weight excluding hydrogens is 274 g/mol. The van der Waals surface area contributed by atoms with Crippen molar-refractivity contribution in [3.8, 4) is 11.3 Å². The van der Waals surface area contributed by atoms with Gasteiger partial charge < -0.3 is 15.2 Å². The topological polar surface area (TPSA) is 67.8 Å². The maximum atomic E-state index is 6.07. The molecule has 2 heterocycles. The molecule has 0 unspecified atom stereocenters. The number of para-hydroxylation sites is 1. The first-order valence-electron chi connectivity index (χ1n) is 7.76. The number of nitrogens with zero attached hydrogens (tertiary/aromatic N) is 1. The zero-order valence-electron chi connectivity index (χ0n) is 13.7. The summed E-state index contributed by atoms with van der Waals surface area (Å²) in [5, 5.41) is 5.42. The van der Waals surface area contributed by atoms with E-state index in [1.807, 2.05) is 13.0 Å². The van der Waals surface area contributed by atoms with Crippen molar-refractivity contribution in [1.82, 2.24) is 10.1 Å². The van der Waals surface area contributed by atoms with Crippen LogP contribution in [0.4, 0.5) is 0 Å². The van der Waals surface area contributed by atoms with Crippen molar-refractivity contribution >= 4 is 10.9 Å². The van der Waals surface area contributed by atoms with Crippen LogP contribution in [0.15, 0.2) is 28.8 Å². The van der Waals surface area contributed by atoms with E-state index in [1.54, 1.807) is 0 Å². The Morgan fingerprint density at radius 3 is 2.68 bits per heavy atom. The van der Waals surface area contributed by atoms with Gasteiger partial charge in [0.05, 0.1) is 17.0 Å². The lowest BCUT2D eigenvalue weighted by Gasteiger charge is -2.24. The van der Waals surface area contributed by atoms with E-state index >= 15 is 0 Å². The number of benzene rings is 1. The van der Waals surface area contributed by atoms with E-state index in [2.05, 4.69) is 49.1 Å². The van der Waals surface area contributed by atoms with Crippen LogP contribution in [-0.2, 0) is 11.8 Å². The van der Waals surface area contributed by atoms with Gasteiger partial charge in [0.2, 0.25) is 0 Å². The monoisotopic (exact) mass is 297 g/mol. The molecule has 0 fully saturated rings. The lowest BCUT2D eigenvalue weighted by Crippen LogP contribution is -2.28. The first kappa shape index (κ1) is 14.9. The van der Waals surface area contributed by atoms with Gasteiger partial charge in [-0.2, -0.15) is 0 Å². The molecule has 3 rings (SSSR count). The number of aryl methyl sites for hydroxylation is 2. The Hall–Kier alpha value is -2.07. The van der Waals surface area contributed by atoms with Crippen LogP contribution in [-0.4, -0.2) is 16.7 Å². The first-order chi connectivity index (χ1) is 10.5. The zero-order chi connectivity index (χ0) is 15.9. The van der Waals surface area contributed by atoms with Crippen LogP contribution in [0.1, 0.15) is 37.8 Å². The third kappa shape index (κ3) is 2.15. The minimum Gasteiger partial charge on any atom is -0.361 e. The quantitative estimate of drug-likeness (QED) is 0.766. The van der Waals surface area contributed by atoms with E-state index in [4.69, 9.17) is 10.3 Å². The molecule has 3 N–H and O–H groups in total. The van der Waals surface area contributed by atoms with Crippen LogP contribution in [0.3, 0.4) is 0 Å². The van der Waals surface area contributed by atoms with E-state index < -0.39 is 0 Å². The van der Waals surface area contributed by atoms with E-state index in [0.717, 1.165) is 34.6 Å². The number of hydrogen-bond acceptors (Lipinski definition) is 3. The summed E-state index contributed by atoms with van der Waals surface area (Å²) in [5.74, 6) is 0.845. The van der Waals surface area contributed by atoms with Crippen LogP contribution in [0.25, 0.3) is 22.2 Å². The summed E-state index contributed by atoms with van der Waals surface area (Å²) in [6, 6.07) is 8.36. The highest BCUT2D eigenvalue weighted by Gasteiger charge is 2.29. The summed E-state index contributed by atoms with van der Waals surface area (Å²) >= 11 is 0. The molecule has 3 aromatic rings. The van der Waals surface area contributed by atoms with E-state index in [-0.39, 0.29) is 5.41 Å². The van der Waals surface area contributed by atoms with E-state index in [1.165, 1.54) is 10.9 Å². The van der Waals surface area contributed by atoms with Gasteiger partial charge >= 0.3 is 0 Å². The number of hydrogen-bond donors (Lipinski definition) is 2. The lowest BCUT2D eigenvalue weighted by molar-refractivity contribution is 0.391. The van der Waals surface area contributed by atoms with Crippen molar-refractivity contribution in [2.24, 2.45) is 5.73 Å². The minimum absolute atomic E-state index is 0.135. The molecule has 0 aliphatic carbocycles. The predicted molar refractivity (Wildman–Crippen MR) is 90.0 cm³/mol. The molecule has 0 aliphatic rings. The molecule has 0 atom stereocenters. The Morgan fingerprint density at radius 1 is 1.27 bits per heavy atom. The molecule has 1 aromatic carbocycles. The van der Waals surface area contributed by atoms with Crippen molar-refractivity contribution in [2.45, 2.75) is 39.5 Å². The number of fused-ring (bicyclic) bond motifs is 1. The van der Waals surface area contributed by atoms with Crippen LogP contribution < -0.4 is 5.73 Å². The SMILES string of the molecule is CCc1noc(C)c1-c1[nH]c2ccccc2c1C(C)(C)CN. The normalized spacial score (nSPS) is 12.2. The number of nitrogens with one attached hydrogen (secondary N) is 1. The molecule has 0 saturated heterocycles. The summed E-state index contributed by atoms with van der Waals surface area (Å²) < 4.78 is 5.44. The second-order valence-corrected chi connectivity index (χ2v) is 6.42. The third-order valence-corrected chi connectivity index (χ3v) is 4.41. The molecule has 0 saturated carbocycles. The van der Waals surface area contributed by atoms with Gasteiger partial charge in [-0.1, -0.05) is 44.1 Å². The predicted octanol–water partition coefficient (Wildman–Crippen LogP) is 3.93. The van der Waals surface area contributed by atoms with Crippen LogP contribution in [0.2, 0.25) is 0 Å². The van der Waals surface area contributed by atoms with Gasteiger partial charge in [-0.3, -0.25) is 0 Å². The largest absolute Gasteiger partial charge is 0.361 e. The Morgan fingerprint density at radius 2 is 2.00 bits per heavy atom. The average Bonchev–Trinajstić information content (AvgIpc) is 3.07. The van der Waals surface area contributed by atoms with Crippen LogP contribution >= 0.6 is 0 Å². The Labute approximate surface area is 130 Å². The summed E-state index contributed by atoms with van der Waals surface area (Å²) in [4.78, 5) is 3.57. The molecular formula is C18H23N3O. The lowest BCUT2D eigenvalue weighted by atomic mass is 9.81. The fraction of sp³-hybridized carbons (Fsp3) is 0.389. The maximum absolute atomic E-state index is 6.07. The molecule has 0 aliphatic heterocycles. The average molecular weight is 297 g/mol. The molecule has 0 amide bonds. The van der Waals surface area contributed by atoms with Gasteiger partial charge in [-0.05, 0) is 25.0 Å². The van der Waals surface area contributed by atoms with Crippen molar-refractivity contribution in [3.63, 3.8) is 0 Å². The Bertz CT molecular complexity index is 811.